The fraction of sp³-hybridized carbons (Fsp3) is 0.600. The van der Waals surface area contributed by atoms with E-state index in [-0.39, 0.29) is 0 Å². The Morgan fingerprint density at radius 3 is 2.39 bits per heavy atom. The summed E-state index contributed by atoms with van der Waals surface area (Å²) < 4.78 is 5.17. The molecule has 0 radical (unpaired) electrons. The average molecular weight is 270 g/mol. The van der Waals surface area contributed by atoms with Crippen molar-refractivity contribution in [2.45, 2.75) is 38.8 Å². The maximum absolute atomic E-state index is 5.77. The number of hydrogen-bond donors (Lipinski definition) is 1. The largest absolute Gasteiger partial charge is 0.383 e. The topological polar surface area (TPSA) is 21.3 Å². The zero-order chi connectivity index (χ0) is 13.4. The average Bonchev–Trinajstić information content (AvgIpc) is 2.37. The highest BCUT2D eigenvalue weighted by molar-refractivity contribution is 6.17. The molecule has 0 saturated carbocycles. The lowest BCUT2D eigenvalue weighted by molar-refractivity contribution is 0.164. The van der Waals surface area contributed by atoms with Crippen LogP contribution < -0.4 is 5.32 Å². The van der Waals surface area contributed by atoms with Gasteiger partial charge in [0.05, 0.1) is 6.61 Å². The molecule has 0 aliphatic heterocycles. The van der Waals surface area contributed by atoms with E-state index in [0.29, 0.717) is 24.4 Å². The molecule has 2 nitrogen and oxygen atoms in total. The van der Waals surface area contributed by atoms with Crippen LogP contribution in [-0.2, 0) is 11.3 Å². The first-order valence-electron chi connectivity index (χ1n) is 6.54. The molecule has 0 amide bonds. The van der Waals surface area contributed by atoms with E-state index < -0.39 is 0 Å². The van der Waals surface area contributed by atoms with Gasteiger partial charge in [-0.1, -0.05) is 38.1 Å². The van der Waals surface area contributed by atoms with Crippen LogP contribution in [0.1, 0.15) is 37.3 Å². The van der Waals surface area contributed by atoms with Gasteiger partial charge in [0.2, 0.25) is 0 Å². The van der Waals surface area contributed by atoms with Gasteiger partial charge < -0.3 is 10.1 Å². The highest BCUT2D eigenvalue weighted by Gasteiger charge is 2.07. The second-order valence-electron chi connectivity index (χ2n) is 4.91. The van der Waals surface area contributed by atoms with Crippen molar-refractivity contribution in [2.75, 3.05) is 19.6 Å². The molecule has 3 heteroatoms. The number of hydrogen-bond acceptors (Lipinski definition) is 2. The molecule has 1 unspecified atom stereocenters. The van der Waals surface area contributed by atoms with Crippen molar-refractivity contribution in [3.63, 3.8) is 0 Å². The highest BCUT2D eigenvalue weighted by atomic mass is 35.5. The van der Waals surface area contributed by atoms with Crippen LogP contribution in [0.4, 0.5) is 0 Å². The summed E-state index contributed by atoms with van der Waals surface area (Å²) in [6.07, 6.45) is 0.930. The summed E-state index contributed by atoms with van der Waals surface area (Å²) in [6, 6.07) is 9.11. The second-order valence-corrected chi connectivity index (χ2v) is 5.29. The summed E-state index contributed by atoms with van der Waals surface area (Å²) in [4.78, 5) is 0. The third kappa shape index (κ3) is 5.38. The third-order valence-corrected chi connectivity index (χ3v) is 3.28. The van der Waals surface area contributed by atoms with E-state index in [9.17, 15) is 0 Å². The number of benzene rings is 1. The third-order valence-electron chi connectivity index (χ3n) is 3.07. The minimum Gasteiger partial charge on any atom is -0.383 e. The summed E-state index contributed by atoms with van der Waals surface area (Å²) in [5.41, 5.74) is 2.68. The first kappa shape index (κ1) is 15.5. The molecule has 0 aliphatic carbocycles. The van der Waals surface area contributed by atoms with Crippen LogP contribution in [0.3, 0.4) is 0 Å². The Balaban J connectivity index is 2.46. The number of nitrogens with one attached hydrogen (secondary N) is 1. The molecule has 0 spiro atoms. The van der Waals surface area contributed by atoms with Crippen molar-refractivity contribution in [2.24, 2.45) is 0 Å². The zero-order valence-corrected chi connectivity index (χ0v) is 12.3. The van der Waals surface area contributed by atoms with Crippen LogP contribution in [0.5, 0.6) is 0 Å². The summed E-state index contributed by atoms with van der Waals surface area (Å²) >= 11 is 5.77. The first-order valence-corrected chi connectivity index (χ1v) is 7.08. The first-order chi connectivity index (χ1) is 8.67. The second kappa shape index (κ2) is 8.52. The van der Waals surface area contributed by atoms with Gasteiger partial charge in [-0.2, -0.15) is 0 Å². The lowest BCUT2D eigenvalue weighted by atomic mass is 10.0. The summed E-state index contributed by atoms with van der Waals surface area (Å²) in [6.45, 7) is 5.99. The summed E-state index contributed by atoms with van der Waals surface area (Å²) in [5.74, 6) is 1.25. The number of rotatable bonds is 8. The van der Waals surface area contributed by atoms with Crippen molar-refractivity contribution in [3.05, 3.63) is 35.4 Å². The van der Waals surface area contributed by atoms with Gasteiger partial charge in [-0.3, -0.25) is 0 Å². The van der Waals surface area contributed by atoms with Gasteiger partial charge in [0.1, 0.15) is 0 Å². The van der Waals surface area contributed by atoms with Gasteiger partial charge in [-0.15, -0.1) is 11.6 Å². The van der Waals surface area contributed by atoms with Gasteiger partial charge in [-0.25, -0.2) is 0 Å². The smallest absolute Gasteiger partial charge is 0.0616 e. The molecular formula is C15H24ClNO. The van der Waals surface area contributed by atoms with E-state index in [1.54, 1.807) is 7.11 Å². The monoisotopic (exact) mass is 269 g/mol. The Bertz CT molecular complexity index is 318. The molecule has 0 fully saturated rings. The van der Waals surface area contributed by atoms with E-state index in [1.165, 1.54) is 11.1 Å². The predicted molar refractivity (Wildman–Crippen MR) is 78.4 cm³/mol. The van der Waals surface area contributed by atoms with Gasteiger partial charge >= 0.3 is 0 Å². The maximum atomic E-state index is 5.77. The van der Waals surface area contributed by atoms with Crippen LogP contribution >= 0.6 is 11.6 Å². The van der Waals surface area contributed by atoms with E-state index in [1.807, 2.05) is 0 Å². The lowest BCUT2D eigenvalue weighted by Crippen LogP contribution is -2.33. The predicted octanol–water partition coefficient (Wildman–Crippen LogP) is 3.54. The number of halogens is 1. The molecule has 18 heavy (non-hydrogen) atoms. The standard InChI is InChI=1S/C15H24ClNO/c1-12(2)14-6-4-13(5-7-14)10-17-15(8-9-16)11-18-3/h4-7,12,15,17H,8-11H2,1-3H3. The van der Waals surface area contributed by atoms with Crippen molar-refractivity contribution >= 4 is 11.6 Å². The maximum Gasteiger partial charge on any atom is 0.0616 e. The van der Waals surface area contributed by atoms with Crippen molar-refractivity contribution in [1.29, 1.82) is 0 Å². The molecule has 1 atom stereocenters. The van der Waals surface area contributed by atoms with E-state index in [2.05, 4.69) is 43.4 Å². The Morgan fingerprint density at radius 2 is 1.89 bits per heavy atom. The number of ether oxygens (including phenoxy) is 1. The van der Waals surface area contributed by atoms with E-state index in [0.717, 1.165) is 13.0 Å². The molecule has 1 aromatic carbocycles. The van der Waals surface area contributed by atoms with Gasteiger partial charge in [0.25, 0.3) is 0 Å². The normalized spacial score (nSPS) is 12.9. The molecule has 0 bridgehead atoms. The molecule has 1 rings (SSSR count). The number of methoxy groups -OCH3 is 1. The Morgan fingerprint density at radius 1 is 1.22 bits per heavy atom. The van der Waals surface area contributed by atoms with Gasteiger partial charge in [0.15, 0.2) is 0 Å². The SMILES string of the molecule is COCC(CCCl)NCc1ccc(C(C)C)cc1. The van der Waals surface area contributed by atoms with E-state index in [4.69, 9.17) is 16.3 Å². The van der Waals surface area contributed by atoms with Crippen LogP contribution in [0, 0.1) is 0 Å². The van der Waals surface area contributed by atoms with Crippen LogP contribution in [-0.4, -0.2) is 25.6 Å². The lowest BCUT2D eigenvalue weighted by Gasteiger charge is -2.17. The van der Waals surface area contributed by atoms with Crippen LogP contribution in [0.2, 0.25) is 0 Å². The molecular weight excluding hydrogens is 246 g/mol. The summed E-state index contributed by atoms with van der Waals surface area (Å²) in [5, 5.41) is 3.48. The van der Waals surface area contributed by atoms with Crippen LogP contribution in [0.25, 0.3) is 0 Å². The number of alkyl halides is 1. The minimum atomic E-state index is 0.331. The summed E-state index contributed by atoms with van der Waals surface area (Å²) in [7, 11) is 1.72. The molecule has 0 saturated heterocycles. The molecule has 0 aliphatic rings. The van der Waals surface area contributed by atoms with Gasteiger partial charge in [0, 0.05) is 25.6 Å². The zero-order valence-electron chi connectivity index (χ0n) is 11.6. The Kier molecular flexibility index (Phi) is 7.33. The quantitative estimate of drug-likeness (QED) is 0.729. The van der Waals surface area contributed by atoms with Crippen LogP contribution in [0.15, 0.2) is 24.3 Å². The molecule has 0 aromatic heterocycles. The molecule has 102 valence electrons. The Labute approximate surface area is 116 Å². The van der Waals surface area contributed by atoms with Crippen molar-refractivity contribution in [1.82, 2.24) is 5.32 Å². The molecule has 0 heterocycles. The Hall–Kier alpha value is -0.570. The van der Waals surface area contributed by atoms with Crippen molar-refractivity contribution in [3.8, 4) is 0 Å². The fourth-order valence-electron chi connectivity index (χ4n) is 1.86. The van der Waals surface area contributed by atoms with E-state index >= 15 is 0 Å². The molecule has 1 aromatic rings. The van der Waals surface area contributed by atoms with Crippen molar-refractivity contribution < 1.29 is 4.74 Å². The molecule has 1 N–H and O–H groups in total. The highest BCUT2D eigenvalue weighted by Crippen LogP contribution is 2.14. The fourth-order valence-corrected chi connectivity index (χ4v) is 2.12. The van der Waals surface area contributed by atoms with Gasteiger partial charge in [-0.05, 0) is 23.5 Å². The minimum absolute atomic E-state index is 0.331.